The van der Waals surface area contributed by atoms with Crippen LogP contribution in [0, 0.1) is 19.7 Å². The van der Waals surface area contributed by atoms with Crippen LogP contribution >= 0.6 is 0 Å². The van der Waals surface area contributed by atoms with E-state index in [4.69, 9.17) is 9.84 Å². The molecule has 0 unspecified atom stereocenters. The molecular formula is C17H18FNO5S. The fraction of sp³-hybridized carbons (Fsp3) is 0.235. The van der Waals surface area contributed by atoms with Crippen molar-refractivity contribution in [3.05, 3.63) is 53.3 Å². The van der Waals surface area contributed by atoms with Crippen molar-refractivity contribution in [2.75, 3.05) is 18.0 Å². The van der Waals surface area contributed by atoms with Crippen LogP contribution in [0.2, 0.25) is 0 Å². The van der Waals surface area contributed by atoms with E-state index in [2.05, 4.69) is 0 Å². The number of benzene rings is 2. The van der Waals surface area contributed by atoms with Gasteiger partial charge in [0.15, 0.2) is 11.6 Å². The number of sulfonamides is 1. The molecule has 2 aromatic rings. The first-order valence-electron chi connectivity index (χ1n) is 7.31. The average Bonchev–Trinajstić information content (AvgIpc) is 2.51. The van der Waals surface area contributed by atoms with Crippen LogP contribution in [0.4, 0.5) is 10.1 Å². The molecular weight excluding hydrogens is 349 g/mol. The Labute approximate surface area is 145 Å². The number of nitrogens with zero attached hydrogens (tertiary/aromatic N) is 1. The lowest BCUT2D eigenvalue weighted by atomic mass is 10.1. The van der Waals surface area contributed by atoms with E-state index in [1.54, 1.807) is 26.0 Å². The second-order valence-electron chi connectivity index (χ2n) is 5.55. The molecule has 0 aliphatic heterocycles. The number of carboxylic acids is 1. The zero-order chi connectivity index (χ0) is 18.8. The summed E-state index contributed by atoms with van der Waals surface area (Å²) >= 11 is 0. The van der Waals surface area contributed by atoms with Gasteiger partial charge in [-0.3, -0.25) is 9.10 Å². The maximum atomic E-state index is 13.9. The van der Waals surface area contributed by atoms with Crippen molar-refractivity contribution in [2.24, 2.45) is 0 Å². The fourth-order valence-corrected chi connectivity index (χ4v) is 3.88. The molecule has 134 valence electrons. The van der Waals surface area contributed by atoms with Gasteiger partial charge in [-0.2, -0.15) is 0 Å². The van der Waals surface area contributed by atoms with Crippen molar-refractivity contribution in [1.82, 2.24) is 0 Å². The van der Waals surface area contributed by atoms with Crippen molar-refractivity contribution in [3.63, 3.8) is 0 Å². The van der Waals surface area contributed by atoms with Gasteiger partial charge in [-0.15, -0.1) is 0 Å². The first-order valence-corrected chi connectivity index (χ1v) is 8.75. The highest BCUT2D eigenvalue weighted by atomic mass is 32.2. The van der Waals surface area contributed by atoms with Crippen LogP contribution in [0.3, 0.4) is 0 Å². The third kappa shape index (κ3) is 4.08. The standard InChI is InChI=1S/C17H18FNO5S/c1-11-6-12(2)8-13(7-11)19(10-17(20)21)25(22,23)14-4-5-16(24-3)15(18)9-14/h4-9H,10H2,1-3H3,(H,20,21). The van der Waals surface area contributed by atoms with E-state index >= 15 is 0 Å². The van der Waals surface area contributed by atoms with Gasteiger partial charge >= 0.3 is 5.97 Å². The number of carbonyl (C=O) groups is 1. The lowest BCUT2D eigenvalue weighted by molar-refractivity contribution is -0.135. The normalized spacial score (nSPS) is 11.2. The third-order valence-corrected chi connectivity index (χ3v) is 5.25. The van der Waals surface area contributed by atoms with E-state index in [9.17, 15) is 17.6 Å². The summed E-state index contributed by atoms with van der Waals surface area (Å²) in [6, 6.07) is 8.13. The fourth-order valence-electron chi connectivity index (χ4n) is 2.47. The Kier molecular flexibility index (Phi) is 5.32. The van der Waals surface area contributed by atoms with Crippen molar-refractivity contribution in [3.8, 4) is 5.75 Å². The van der Waals surface area contributed by atoms with E-state index < -0.39 is 28.4 Å². The zero-order valence-electron chi connectivity index (χ0n) is 14.0. The molecule has 0 spiro atoms. The van der Waals surface area contributed by atoms with Crippen LogP contribution in [0.5, 0.6) is 5.75 Å². The molecule has 0 radical (unpaired) electrons. The highest BCUT2D eigenvalue weighted by Crippen LogP contribution is 2.28. The van der Waals surface area contributed by atoms with Gasteiger partial charge < -0.3 is 9.84 Å². The second-order valence-corrected chi connectivity index (χ2v) is 7.41. The minimum absolute atomic E-state index is 0.102. The minimum Gasteiger partial charge on any atom is -0.494 e. The quantitative estimate of drug-likeness (QED) is 0.849. The SMILES string of the molecule is COc1ccc(S(=O)(=O)N(CC(=O)O)c2cc(C)cc(C)c2)cc1F. The van der Waals surface area contributed by atoms with Crippen molar-refractivity contribution in [2.45, 2.75) is 18.7 Å². The molecule has 0 amide bonds. The topological polar surface area (TPSA) is 83.9 Å². The van der Waals surface area contributed by atoms with Gasteiger partial charge in [0.2, 0.25) is 0 Å². The van der Waals surface area contributed by atoms with Gasteiger partial charge in [-0.05, 0) is 55.3 Å². The van der Waals surface area contributed by atoms with Gasteiger partial charge in [0, 0.05) is 0 Å². The Morgan fingerprint density at radius 2 is 1.76 bits per heavy atom. The summed E-state index contributed by atoms with van der Waals surface area (Å²) in [5.41, 5.74) is 1.76. The van der Waals surface area contributed by atoms with Gasteiger partial charge in [-0.25, -0.2) is 12.8 Å². The number of aryl methyl sites for hydroxylation is 2. The summed E-state index contributed by atoms with van der Waals surface area (Å²) in [5, 5.41) is 9.13. The molecule has 0 saturated carbocycles. The Morgan fingerprint density at radius 1 is 1.16 bits per heavy atom. The molecule has 25 heavy (non-hydrogen) atoms. The second kappa shape index (κ2) is 7.10. The van der Waals surface area contributed by atoms with Crippen LogP contribution in [0.25, 0.3) is 0 Å². The number of methoxy groups -OCH3 is 1. The third-order valence-electron chi connectivity index (χ3n) is 3.48. The largest absolute Gasteiger partial charge is 0.494 e. The molecule has 0 aromatic heterocycles. The molecule has 8 heteroatoms. The van der Waals surface area contributed by atoms with Gasteiger partial charge in [0.05, 0.1) is 17.7 Å². The maximum absolute atomic E-state index is 13.9. The van der Waals surface area contributed by atoms with E-state index in [-0.39, 0.29) is 16.3 Å². The highest BCUT2D eigenvalue weighted by Gasteiger charge is 2.28. The molecule has 0 saturated heterocycles. The number of anilines is 1. The van der Waals surface area contributed by atoms with Crippen molar-refractivity contribution >= 4 is 21.7 Å². The lowest BCUT2D eigenvalue weighted by Gasteiger charge is -2.23. The number of aliphatic carboxylic acids is 1. The molecule has 6 nitrogen and oxygen atoms in total. The number of hydrogen-bond donors (Lipinski definition) is 1. The van der Waals surface area contributed by atoms with Crippen LogP contribution < -0.4 is 9.04 Å². The molecule has 0 heterocycles. The van der Waals surface area contributed by atoms with Crippen LogP contribution in [-0.4, -0.2) is 33.1 Å². The smallest absolute Gasteiger partial charge is 0.324 e. The number of hydrogen-bond acceptors (Lipinski definition) is 4. The van der Waals surface area contributed by atoms with E-state index in [0.717, 1.165) is 21.5 Å². The Balaban J connectivity index is 2.59. The summed E-state index contributed by atoms with van der Waals surface area (Å²) in [5.74, 6) is -2.27. The highest BCUT2D eigenvalue weighted by molar-refractivity contribution is 7.92. The number of halogens is 1. The van der Waals surface area contributed by atoms with Gasteiger partial charge in [-0.1, -0.05) is 6.07 Å². The molecule has 2 rings (SSSR count). The van der Waals surface area contributed by atoms with Crippen LogP contribution in [-0.2, 0) is 14.8 Å². The summed E-state index contributed by atoms with van der Waals surface area (Å²) in [7, 11) is -3.01. The first kappa shape index (κ1) is 18.7. The number of ether oxygens (including phenoxy) is 1. The van der Waals surface area contributed by atoms with Crippen LogP contribution in [0.15, 0.2) is 41.3 Å². The molecule has 0 bridgehead atoms. The predicted octanol–water partition coefficient (Wildman–Crippen LogP) is 2.73. The van der Waals surface area contributed by atoms with Crippen LogP contribution in [0.1, 0.15) is 11.1 Å². The van der Waals surface area contributed by atoms with E-state index in [0.29, 0.717) is 0 Å². The molecule has 0 aliphatic rings. The Morgan fingerprint density at radius 3 is 2.24 bits per heavy atom. The van der Waals surface area contributed by atoms with Gasteiger partial charge in [0.1, 0.15) is 6.54 Å². The van der Waals surface area contributed by atoms with E-state index in [1.807, 2.05) is 6.07 Å². The molecule has 0 aliphatic carbocycles. The summed E-state index contributed by atoms with van der Waals surface area (Å²) in [4.78, 5) is 10.8. The average molecular weight is 367 g/mol. The van der Waals surface area contributed by atoms with Crippen molar-refractivity contribution < 1.29 is 27.4 Å². The van der Waals surface area contributed by atoms with E-state index in [1.165, 1.54) is 19.2 Å². The predicted molar refractivity (Wildman–Crippen MR) is 91.0 cm³/mol. The molecule has 2 aromatic carbocycles. The zero-order valence-corrected chi connectivity index (χ0v) is 14.8. The summed E-state index contributed by atoms with van der Waals surface area (Å²) in [6.07, 6.45) is 0. The number of carboxylic acid groups (broad SMARTS) is 1. The molecule has 1 N–H and O–H groups in total. The summed E-state index contributed by atoms with van der Waals surface area (Å²) < 4.78 is 45.2. The lowest BCUT2D eigenvalue weighted by Crippen LogP contribution is -2.36. The Hall–Kier alpha value is -2.61. The van der Waals surface area contributed by atoms with Gasteiger partial charge in [0.25, 0.3) is 10.0 Å². The van der Waals surface area contributed by atoms with Crippen molar-refractivity contribution in [1.29, 1.82) is 0 Å². The molecule has 0 atom stereocenters. The molecule has 0 fully saturated rings. The summed E-state index contributed by atoms with van der Waals surface area (Å²) in [6.45, 7) is 2.77. The Bertz CT molecular complexity index is 891. The monoisotopic (exact) mass is 367 g/mol. The maximum Gasteiger partial charge on any atom is 0.324 e. The number of rotatable bonds is 6. The minimum atomic E-state index is -4.27. The first-order chi connectivity index (χ1) is 11.6.